The van der Waals surface area contributed by atoms with Crippen LogP contribution in [0.1, 0.15) is 75.8 Å². The molecule has 3 unspecified atom stereocenters. The number of aromatic hydroxyl groups is 1. The Hall–Kier alpha value is -5.99. The van der Waals surface area contributed by atoms with Gasteiger partial charge in [-0.25, -0.2) is 4.68 Å². The Kier molecular flexibility index (Phi) is 33.4. The lowest BCUT2D eigenvalue weighted by Crippen LogP contribution is -2.26. The molecule has 352 valence electrons. The summed E-state index contributed by atoms with van der Waals surface area (Å²) in [5.74, 6) is -1.97. The van der Waals surface area contributed by atoms with Gasteiger partial charge in [-0.2, -0.15) is 0 Å². The van der Waals surface area contributed by atoms with Crippen molar-refractivity contribution in [3.8, 4) is 17.2 Å². The van der Waals surface area contributed by atoms with Crippen molar-refractivity contribution in [3.05, 3.63) is 77.1 Å². The molecule has 0 spiro atoms. The zero-order chi connectivity index (χ0) is 48.3. The van der Waals surface area contributed by atoms with Crippen molar-refractivity contribution >= 4 is 41.6 Å². The largest absolute Gasteiger partial charge is 0.508 e. The van der Waals surface area contributed by atoms with Gasteiger partial charge in [0.2, 0.25) is 5.91 Å². The van der Waals surface area contributed by atoms with E-state index in [1.165, 1.54) is 45.5 Å². The standard InChI is InChI=1S/C28H32N4O7.C9H17NO3.C5H10O2.2CH5N/c1-37-28-15-21(5-9-27(28)39-19-23-17-32(31-30-23)11-13-38-12-10-29)3-7-25(35)16-24(34)6-2-20-4-8-26(36)22(14-20)18-33;1-6(8(11)10-3)4-5-7(2)9(12)13;1-3-4(2)5(6)7;2*1-2/h2-9,14-15,17,33,36H,10-13,16,18-19,29H2,1H3;6-7H,4-5H2,1-3H3,(H,10,11)(H,12,13);4H,3H2,1-2H3,(H,6,7);2*2H2,1H3/b6-2+,7-3+;;;;. The first-order valence-electron chi connectivity index (χ1n) is 20.2. The SMILES string of the molecule is CCC(C)C(=O)O.CN.CN.CNC(=O)C(C)CCC(C)C(=O)O.COc1cc(/C=C/C(=O)CC(=O)/C=C/c2ccc(O)c(CO)c2)ccc1OCc1cn(CCOCCN)nn1. The van der Waals surface area contributed by atoms with Crippen LogP contribution in [0.25, 0.3) is 12.2 Å². The van der Waals surface area contributed by atoms with E-state index in [9.17, 15) is 34.2 Å². The minimum atomic E-state index is -0.802. The summed E-state index contributed by atoms with van der Waals surface area (Å²) in [7, 11) is 6.10. The normalized spacial score (nSPS) is 11.7. The fourth-order valence-electron chi connectivity index (χ4n) is 4.60. The van der Waals surface area contributed by atoms with E-state index < -0.39 is 11.9 Å². The number of nitrogens with one attached hydrogen (secondary N) is 1. The summed E-state index contributed by atoms with van der Waals surface area (Å²) in [5, 5.41) is 46.3. The molecule has 63 heavy (non-hydrogen) atoms. The zero-order valence-electron chi connectivity index (χ0n) is 37.8. The van der Waals surface area contributed by atoms with Gasteiger partial charge in [-0.3, -0.25) is 24.0 Å². The van der Waals surface area contributed by atoms with Crippen LogP contribution < -0.4 is 32.0 Å². The Bertz CT molecular complexity index is 1850. The van der Waals surface area contributed by atoms with E-state index in [2.05, 4.69) is 27.1 Å². The van der Waals surface area contributed by atoms with Gasteiger partial charge in [0.1, 0.15) is 18.1 Å². The molecular formula is C44H69N7O12. The number of hydrogen-bond acceptors (Lipinski definition) is 15. The molecule has 0 aliphatic rings. The van der Waals surface area contributed by atoms with Gasteiger partial charge in [0, 0.05) is 25.1 Å². The highest BCUT2D eigenvalue weighted by Gasteiger charge is 2.16. The Morgan fingerprint density at radius 2 is 1.41 bits per heavy atom. The number of aromatic nitrogens is 3. The first-order chi connectivity index (χ1) is 30.1. The third-order valence-corrected chi connectivity index (χ3v) is 8.60. The number of aliphatic hydroxyl groups excluding tert-OH is 1. The molecule has 1 amide bonds. The van der Waals surface area contributed by atoms with E-state index in [4.69, 9.17) is 30.2 Å². The highest BCUT2D eigenvalue weighted by molar-refractivity contribution is 6.10. The van der Waals surface area contributed by atoms with Crippen molar-refractivity contribution < 1.29 is 58.6 Å². The Morgan fingerprint density at radius 1 is 0.841 bits per heavy atom. The summed E-state index contributed by atoms with van der Waals surface area (Å²) in [6.07, 6.45) is 9.11. The Labute approximate surface area is 370 Å². The minimum absolute atomic E-state index is 0.0252. The summed E-state index contributed by atoms with van der Waals surface area (Å²) in [6.45, 7) is 8.89. The molecule has 0 radical (unpaired) electrons. The summed E-state index contributed by atoms with van der Waals surface area (Å²) >= 11 is 0. The molecule has 0 aliphatic carbocycles. The molecule has 3 atom stereocenters. The van der Waals surface area contributed by atoms with Crippen LogP contribution >= 0.6 is 0 Å². The summed E-state index contributed by atoms with van der Waals surface area (Å²) < 4.78 is 18.2. The predicted molar refractivity (Wildman–Crippen MR) is 241 cm³/mol. The first-order valence-corrected chi connectivity index (χ1v) is 20.2. The van der Waals surface area contributed by atoms with Gasteiger partial charge in [0.15, 0.2) is 23.1 Å². The number of aliphatic hydroxyl groups is 1. The van der Waals surface area contributed by atoms with Crippen molar-refractivity contribution in [3.63, 3.8) is 0 Å². The van der Waals surface area contributed by atoms with Crippen molar-refractivity contribution in [2.45, 2.75) is 73.1 Å². The number of methoxy groups -OCH3 is 1. The van der Waals surface area contributed by atoms with E-state index in [1.807, 2.05) is 6.92 Å². The van der Waals surface area contributed by atoms with Crippen LogP contribution in [0.15, 0.2) is 54.7 Å². The number of ether oxygens (including phenoxy) is 3. The second-order valence-electron chi connectivity index (χ2n) is 13.4. The molecule has 0 saturated heterocycles. The van der Waals surface area contributed by atoms with Crippen LogP contribution in [0.5, 0.6) is 17.2 Å². The minimum Gasteiger partial charge on any atom is -0.508 e. The quantitative estimate of drug-likeness (QED) is 0.0384. The molecule has 19 heteroatoms. The Balaban J connectivity index is 0. The van der Waals surface area contributed by atoms with Gasteiger partial charge >= 0.3 is 11.9 Å². The van der Waals surface area contributed by atoms with Gasteiger partial charge in [0.05, 0.1) is 57.9 Å². The number of aliphatic carboxylic acids is 2. The molecule has 0 fully saturated rings. The Morgan fingerprint density at radius 3 is 1.92 bits per heavy atom. The van der Waals surface area contributed by atoms with Crippen LogP contribution in [0.2, 0.25) is 0 Å². The fourth-order valence-corrected chi connectivity index (χ4v) is 4.60. The average Bonchev–Trinajstić information content (AvgIpc) is 3.76. The van der Waals surface area contributed by atoms with E-state index in [-0.39, 0.29) is 60.6 Å². The van der Waals surface area contributed by atoms with E-state index in [1.54, 1.807) is 75.1 Å². The van der Waals surface area contributed by atoms with Crippen molar-refractivity contribution in [2.24, 2.45) is 35.0 Å². The van der Waals surface area contributed by atoms with E-state index in [0.29, 0.717) is 73.0 Å². The number of carboxylic acids is 2. The van der Waals surface area contributed by atoms with E-state index >= 15 is 0 Å². The fraction of sp³-hybridized carbons (Fsp3) is 0.477. The number of nitrogens with zero attached hydrogens (tertiary/aromatic N) is 3. The first kappa shape index (κ1) is 59.1. The van der Waals surface area contributed by atoms with Crippen LogP contribution in [0.3, 0.4) is 0 Å². The zero-order valence-corrected chi connectivity index (χ0v) is 37.8. The number of nitrogens with two attached hydrogens (primary N) is 3. The number of amides is 1. The molecule has 0 saturated carbocycles. The van der Waals surface area contributed by atoms with Gasteiger partial charge in [0.25, 0.3) is 0 Å². The monoisotopic (exact) mass is 888 g/mol. The summed E-state index contributed by atoms with van der Waals surface area (Å²) in [5.41, 5.74) is 16.7. The molecule has 0 bridgehead atoms. The predicted octanol–water partition coefficient (Wildman–Crippen LogP) is 3.43. The van der Waals surface area contributed by atoms with Crippen molar-refractivity contribution in [1.82, 2.24) is 20.3 Å². The molecule has 3 aromatic rings. The van der Waals surface area contributed by atoms with Crippen LogP contribution in [0.4, 0.5) is 0 Å². The van der Waals surface area contributed by atoms with Gasteiger partial charge in [-0.1, -0.05) is 57.2 Å². The molecule has 11 N–H and O–H groups in total. The number of carboxylic acid groups (broad SMARTS) is 2. The van der Waals surface area contributed by atoms with Crippen LogP contribution in [-0.2, 0) is 48.5 Å². The number of benzene rings is 2. The number of carbonyl (C=O) groups excluding carboxylic acids is 3. The number of phenols is 1. The molecule has 0 aliphatic heterocycles. The molecule has 2 aromatic carbocycles. The number of rotatable bonds is 23. The molecule has 1 heterocycles. The highest BCUT2D eigenvalue weighted by Crippen LogP contribution is 2.29. The van der Waals surface area contributed by atoms with Crippen LogP contribution in [0, 0.1) is 17.8 Å². The van der Waals surface area contributed by atoms with Gasteiger partial charge in [-0.05, 0) is 80.9 Å². The molecular weight excluding hydrogens is 819 g/mol. The smallest absolute Gasteiger partial charge is 0.306 e. The lowest BCUT2D eigenvalue weighted by molar-refractivity contribution is -0.142. The van der Waals surface area contributed by atoms with Crippen molar-refractivity contribution in [1.29, 1.82) is 0 Å². The average molecular weight is 888 g/mol. The lowest BCUT2D eigenvalue weighted by Gasteiger charge is -2.11. The third-order valence-electron chi connectivity index (χ3n) is 8.60. The molecule has 3 rings (SSSR count). The topological polar surface area (TPSA) is 315 Å². The maximum absolute atomic E-state index is 12.3. The number of hydrogen-bond donors (Lipinski definition) is 8. The highest BCUT2D eigenvalue weighted by atomic mass is 16.5. The molecule has 1 aromatic heterocycles. The number of allylic oxidation sites excluding steroid dienone is 2. The second-order valence-corrected chi connectivity index (χ2v) is 13.4. The summed E-state index contributed by atoms with van der Waals surface area (Å²) in [4.78, 5) is 55.9. The third kappa shape index (κ3) is 26.2. The van der Waals surface area contributed by atoms with Gasteiger partial charge < -0.3 is 57.2 Å². The van der Waals surface area contributed by atoms with Gasteiger partial charge in [-0.15, -0.1) is 5.10 Å². The maximum atomic E-state index is 12.3. The second kappa shape index (κ2) is 35.6. The van der Waals surface area contributed by atoms with E-state index in [0.717, 1.165) is 6.42 Å². The van der Waals surface area contributed by atoms with Crippen molar-refractivity contribution in [2.75, 3.05) is 48.0 Å². The maximum Gasteiger partial charge on any atom is 0.306 e. The molecule has 19 nitrogen and oxygen atoms in total. The number of carbonyl (C=O) groups is 5. The summed E-state index contributed by atoms with van der Waals surface area (Å²) in [6, 6.07) is 9.80. The number of ketones is 2. The van der Waals surface area contributed by atoms with Crippen LogP contribution in [-0.4, -0.2) is 113 Å². The lowest BCUT2D eigenvalue weighted by atomic mass is 9.98.